The molecule has 0 spiro atoms. The second-order valence-corrected chi connectivity index (χ2v) is 8.38. The van der Waals surface area contributed by atoms with E-state index >= 15 is 0 Å². The molecule has 0 aromatic heterocycles. The van der Waals surface area contributed by atoms with E-state index in [4.69, 9.17) is 9.73 Å². The predicted octanol–water partition coefficient (Wildman–Crippen LogP) is 4.73. The molecule has 2 aliphatic carbocycles. The molecule has 31 heavy (non-hydrogen) atoms. The molecule has 0 aliphatic heterocycles. The Morgan fingerprint density at radius 1 is 1.06 bits per heavy atom. The van der Waals surface area contributed by atoms with E-state index in [1.165, 1.54) is 6.07 Å². The number of alkyl carbamates (subject to hydrolysis) is 1. The van der Waals surface area contributed by atoms with Gasteiger partial charge in [0, 0.05) is 18.0 Å². The molecule has 2 amide bonds. The van der Waals surface area contributed by atoms with Crippen LogP contribution in [0.4, 0.5) is 13.6 Å². The monoisotopic (exact) mass is 435 g/mol. The minimum absolute atomic E-state index is 0.0698. The number of rotatable bonds is 6. The second-order valence-electron chi connectivity index (χ2n) is 8.38. The topological polar surface area (TPSA) is 79.8 Å². The predicted molar refractivity (Wildman–Crippen MR) is 114 cm³/mol. The summed E-state index contributed by atoms with van der Waals surface area (Å²) in [7, 11) is 0. The summed E-state index contributed by atoms with van der Waals surface area (Å²) >= 11 is 0. The van der Waals surface area contributed by atoms with Gasteiger partial charge < -0.3 is 15.4 Å². The molecule has 2 fully saturated rings. The van der Waals surface area contributed by atoms with Gasteiger partial charge in [-0.3, -0.25) is 9.79 Å². The number of aliphatic imine (C=N–C) groups is 1. The number of nitrogens with one attached hydrogen (secondary N) is 2. The Bertz CT molecular complexity index is 801. The first-order chi connectivity index (χ1) is 14.9. The molecule has 0 heterocycles. The molecular formula is C23H31F2N3O3. The van der Waals surface area contributed by atoms with Crippen LogP contribution in [0.2, 0.25) is 0 Å². The van der Waals surface area contributed by atoms with Gasteiger partial charge in [0.05, 0.1) is 12.6 Å². The summed E-state index contributed by atoms with van der Waals surface area (Å²) in [6.07, 6.45) is 8.00. The first kappa shape index (κ1) is 23.2. The average molecular weight is 436 g/mol. The molecule has 3 rings (SSSR count). The summed E-state index contributed by atoms with van der Waals surface area (Å²) in [5.41, 5.74) is 0.0698. The third-order valence-electron chi connectivity index (χ3n) is 6.03. The van der Waals surface area contributed by atoms with E-state index in [2.05, 4.69) is 10.6 Å². The summed E-state index contributed by atoms with van der Waals surface area (Å²) in [6, 6.07) is 3.43. The van der Waals surface area contributed by atoms with Crippen LogP contribution < -0.4 is 10.6 Å². The Hall–Kier alpha value is -2.51. The molecule has 2 N–H and O–H groups in total. The lowest BCUT2D eigenvalue weighted by Gasteiger charge is -2.29. The summed E-state index contributed by atoms with van der Waals surface area (Å²) in [6.45, 7) is 2.12. The van der Waals surface area contributed by atoms with Crippen LogP contribution in [-0.4, -0.2) is 36.5 Å². The van der Waals surface area contributed by atoms with Gasteiger partial charge in [0.15, 0.2) is 11.6 Å². The lowest BCUT2D eigenvalue weighted by atomic mass is 9.84. The summed E-state index contributed by atoms with van der Waals surface area (Å²) < 4.78 is 31.7. The number of carbonyl (C=O) groups is 2. The molecule has 1 aromatic rings. The minimum Gasteiger partial charge on any atom is -0.450 e. The van der Waals surface area contributed by atoms with Gasteiger partial charge in [-0.25, -0.2) is 13.6 Å². The number of benzene rings is 1. The van der Waals surface area contributed by atoms with Gasteiger partial charge in [-0.1, -0.05) is 12.8 Å². The molecule has 2 saturated carbocycles. The van der Waals surface area contributed by atoms with Gasteiger partial charge in [-0.2, -0.15) is 0 Å². The largest absolute Gasteiger partial charge is 0.450 e. The van der Waals surface area contributed by atoms with Crippen molar-refractivity contribution in [1.29, 1.82) is 0 Å². The highest BCUT2D eigenvalue weighted by Gasteiger charge is 2.25. The fourth-order valence-electron chi connectivity index (χ4n) is 4.35. The lowest BCUT2D eigenvalue weighted by Crippen LogP contribution is -2.39. The van der Waals surface area contributed by atoms with Crippen LogP contribution in [-0.2, 0) is 4.74 Å². The van der Waals surface area contributed by atoms with Crippen molar-refractivity contribution >= 4 is 17.8 Å². The van der Waals surface area contributed by atoms with Gasteiger partial charge in [0.2, 0.25) is 0 Å². The molecular weight excluding hydrogens is 404 g/mol. The third-order valence-corrected chi connectivity index (χ3v) is 6.03. The number of amides is 2. The zero-order valence-electron chi connectivity index (χ0n) is 18.0. The van der Waals surface area contributed by atoms with Crippen molar-refractivity contribution in [2.75, 3.05) is 6.61 Å². The highest BCUT2D eigenvalue weighted by atomic mass is 19.2. The molecule has 0 bridgehead atoms. The molecule has 170 valence electrons. The van der Waals surface area contributed by atoms with Crippen molar-refractivity contribution in [3.63, 3.8) is 0 Å². The van der Waals surface area contributed by atoms with Gasteiger partial charge in [0.1, 0.15) is 5.84 Å². The summed E-state index contributed by atoms with van der Waals surface area (Å²) in [5.74, 6) is -1.55. The minimum atomic E-state index is -1.05. The second kappa shape index (κ2) is 11.2. The summed E-state index contributed by atoms with van der Waals surface area (Å²) in [4.78, 5) is 29.0. The molecule has 0 radical (unpaired) electrons. The molecule has 8 heteroatoms. The summed E-state index contributed by atoms with van der Waals surface area (Å²) in [5, 5.41) is 5.74. The van der Waals surface area contributed by atoms with Crippen molar-refractivity contribution in [3.8, 4) is 0 Å². The van der Waals surface area contributed by atoms with Crippen LogP contribution in [0.5, 0.6) is 0 Å². The Balaban J connectivity index is 1.60. The standard InChI is InChI=1S/C23H31F2N3O3/c1-2-31-23(30)27-18-10-7-15(8-11-18)13-21(26-17-5-3-4-6-17)28-22(29)16-9-12-19(24)20(25)14-16/h9,12,14-15,17-18H,2-8,10-11,13H2,1H3,(H,27,30)(H,26,28,29). The van der Waals surface area contributed by atoms with Gasteiger partial charge >= 0.3 is 6.09 Å². The Morgan fingerprint density at radius 2 is 1.77 bits per heavy atom. The van der Waals surface area contributed by atoms with Crippen molar-refractivity contribution in [2.45, 2.75) is 76.8 Å². The fraction of sp³-hybridized carbons (Fsp3) is 0.609. The number of hydrogen-bond donors (Lipinski definition) is 2. The van der Waals surface area contributed by atoms with Gasteiger partial charge in [-0.05, 0) is 69.6 Å². The van der Waals surface area contributed by atoms with Crippen LogP contribution >= 0.6 is 0 Å². The van der Waals surface area contributed by atoms with Crippen LogP contribution in [0.25, 0.3) is 0 Å². The van der Waals surface area contributed by atoms with E-state index in [9.17, 15) is 18.4 Å². The Labute approximate surface area is 181 Å². The number of amidine groups is 1. The van der Waals surface area contributed by atoms with Crippen LogP contribution in [0, 0.1) is 17.6 Å². The van der Waals surface area contributed by atoms with Crippen molar-refractivity contribution in [1.82, 2.24) is 10.6 Å². The number of halogens is 2. The highest BCUT2D eigenvalue weighted by Crippen LogP contribution is 2.28. The third kappa shape index (κ3) is 7.01. The maximum absolute atomic E-state index is 13.5. The molecule has 6 nitrogen and oxygen atoms in total. The number of nitrogens with zero attached hydrogens (tertiary/aromatic N) is 1. The average Bonchev–Trinajstić information content (AvgIpc) is 3.24. The van der Waals surface area contributed by atoms with Crippen molar-refractivity contribution in [2.24, 2.45) is 10.9 Å². The van der Waals surface area contributed by atoms with E-state index in [-0.39, 0.29) is 23.7 Å². The number of ether oxygens (including phenoxy) is 1. The van der Waals surface area contributed by atoms with Crippen LogP contribution in [0.1, 0.15) is 75.1 Å². The Kier molecular flexibility index (Phi) is 8.37. The smallest absolute Gasteiger partial charge is 0.407 e. The maximum atomic E-state index is 13.5. The Morgan fingerprint density at radius 3 is 2.42 bits per heavy atom. The zero-order chi connectivity index (χ0) is 22.2. The molecule has 0 saturated heterocycles. The lowest BCUT2D eigenvalue weighted by molar-refractivity contribution is 0.0974. The van der Waals surface area contributed by atoms with Gasteiger partial charge in [0.25, 0.3) is 5.91 Å². The fourth-order valence-corrected chi connectivity index (χ4v) is 4.35. The van der Waals surface area contributed by atoms with Crippen LogP contribution in [0.3, 0.4) is 0 Å². The van der Waals surface area contributed by atoms with E-state index in [0.29, 0.717) is 24.8 Å². The number of hydrogen-bond acceptors (Lipinski definition) is 4. The van der Waals surface area contributed by atoms with E-state index < -0.39 is 17.5 Å². The SMILES string of the molecule is CCOC(=O)NC1CCC(CC(=NC2CCCC2)NC(=O)c2ccc(F)c(F)c2)CC1. The maximum Gasteiger partial charge on any atom is 0.407 e. The van der Waals surface area contributed by atoms with Crippen molar-refractivity contribution < 1.29 is 23.1 Å². The van der Waals surface area contributed by atoms with Gasteiger partial charge in [-0.15, -0.1) is 0 Å². The highest BCUT2D eigenvalue weighted by molar-refractivity contribution is 6.06. The van der Waals surface area contributed by atoms with E-state index in [1.54, 1.807) is 6.92 Å². The normalized spacial score (nSPS) is 22.2. The van der Waals surface area contributed by atoms with Crippen LogP contribution in [0.15, 0.2) is 23.2 Å². The molecule has 2 aliphatic rings. The van der Waals surface area contributed by atoms with E-state index in [1.807, 2.05) is 0 Å². The van der Waals surface area contributed by atoms with Crippen molar-refractivity contribution in [3.05, 3.63) is 35.4 Å². The first-order valence-corrected chi connectivity index (χ1v) is 11.2. The quantitative estimate of drug-likeness (QED) is 0.501. The zero-order valence-corrected chi connectivity index (χ0v) is 18.0. The number of carbonyl (C=O) groups excluding carboxylic acids is 2. The molecule has 1 aromatic carbocycles. The first-order valence-electron chi connectivity index (χ1n) is 11.2. The molecule has 0 atom stereocenters. The molecule has 0 unspecified atom stereocenters. The van der Waals surface area contributed by atoms with E-state index in [0.717, 1.165) is 63.5 Å².